The summed E-state index contributed by atoms with van der Waals surface area (Å²) in [4.78, 5) is 30.5. The van der Waals surface area contributed by atoms with E-state index in [4.69, 9.17) is 0 Å². The van der Waals surface area contributed by atoms with Gasteiger partial charge >= 0.3 is 0 Å². The number of nitrogens with zero attached hydrogens (tertiary/aromatic N) is 3. The number of carbonyl (C=O) groups excluding carboxylic acids is 2. The van der Waals surface area contributed by atoms with E-state index in [1.54, 1.807) is 12.1 Å². The Hall–Kier alpha value is -1.95. The van der Waals surface area contributed by atoms with E-state index in [-0.39, 0.29) is 23.0 Å². The number of likely N-dealkylation sites (tertiary alicyclic amines) is 2. The van der Waals surface area contributed by atoms with Crippen LogP contribution in [0.25, 0.3) is 0 Å². The van der Waals surface area contributed by atoms with Crippen LogP contribution in [-0.2, 0) is 16.1 Å². The molecule has 1 aromatic carbocycles. The fourth-order valence-electron chi connectivity index (χ4n) is 4.32. The zero-order chi connectivity index (χ0) is 19.4. The van der Waals surface area contributed by atoms with E-state index in [1.807, 2.05) is 28.7 Å². The molecule has 5 nitrogen and oxygen atoms in total. The van der Waals surface area contributed by atoms with E-state index in [9.17, 15) is 14.0 Å². The lowest BCUT2D eigenvalue weighted by atomic mass is 9.72. The van der Waals surface area contributed by atoms with E-state index < -0.39 is 0 Å². The number of rotatable bonds is 5. The van der Waals surface area contributed by atoms with Crippen LogP contribution in [0.15, 0.2) is 24.3 Å². The molecule has 6 heteroatoms. The Bertz CT molecular complexity index is 669. The van der Waals surface area contributed by atoms with E-state index in [0.29, 0.717) is 19.5 Å². The molecule has 2 amide bonds. The third kappa shape index (κ3) is 4.86. The summed E-state index contributed by atoms with van der Waals surface area (Å²) >= 11 is 0. The Labute approximate surface area is 161 Å². The van der Waals surface area contributed by atoms with Crippen molar-refractivity contribution >= 4 is 11.8 Å². The summed E-state index contributed by atoms with van der Waals surface area (Å²) in [6.07, 6.45) is 3.55. The Morgan fingerprint density at radius 1 is 1.19 bits per heavy atom. The lowest BCUT2D eigenvalue weighted by Crippen LogP contribution is -2.53. The van der Waals surface area contributed by atoms with Crippen molar-refractivity contribution in [2.24, 2.45) is 5.41 Å². The van der Waals surface area contributed by atoms with E-state index in [0.717, 1.165) is 51.0 Å². The molecule has 0 unspecified atom stereocenters. The van der Waals surface area contributed by atoms with Crippen LogP contribution in [0.5, 0.6) is 0 Å². The van der Waals surface area contributed by atoms with Gasteiger partial charge in [-0.25, -0.2) is 4.39 Å². The molecule has 2 heterocycles. The molecule has 2 fully saturated rings. The molecular weight excluding hydrogens is 345 g/mol. The number of piperidine rings is 2. The van der Waals surface area contributed by atoms with Gasteiger partial charge in [0.2, 0.25) is 11.8 Å². The summed E-state index contributed by atoms with van der Waals surface area (Å²) in [6, 6.07) is 6.41. The van der Waals surface area contributed by atoms with Crippen molar-refractivity contribution in [1.29, 1.82) is 0 Å². The fourth-order valence-corrected chi connectivity index (χ4v) is 4.32. The van der Waals surface area contributed by atoms with Crippen LogP contribution in [0.1, 0.15) is 38.2 Å². The standard InChI is InChI=1S/C21H30FN3O2/c1-3-24-16-21(9-8-19(24)26)10-12-25(13-11-21)20(27)15-23(2)14-17-4-6-18(22)7-5-17/h4-7H,3,8-16H2,1-2H3. The number of hydrogen-bond acceptors (Lipinski definition) is 3. The molecule has 0 aromatic heterocycles. The average Bonchev–Trinajstić information content (AvgIpc) is 2.66. The predicted octanol–water partition coefficient (Wildman–Crippen LogP) is 2.51. The summed E-state index contributed by atoms with van der Waals surface area (Å²) < 4.78 is 13.0. The van der Waals surface area contributed by atoms with Crippen LogP contribution in [0.4, 0.5) is 4.39 Å². The van der Waals surface area contributed by atoms with Crippen LogP contribution in [-0.4, -0.2) is 66.3 Å². The van der Waals surface area contributed by atoms with Gasteiger partial charge in [0, 0.05) is 39.1 Å². The Morgan fingerprint density at radius 2 is 1.85 bits per heavy atom. The van der Waals surface area contributed by atoms with Gasteiger partial charge in [0.05, 0.1) is 6.54 Å². The monoisotopic (exact) mass is 375 g/mol. The molecule has 3 rings (SSSR count). The second kappa shape index (κ2) is 8.38. The van der Waals surface area contributed by atoms with Crippen molar-refractivity contribution in [3.63, 3.8) is 0 Å². The lowest BCUT2D eigenvalue weighted by Gasteiger charge is -2.47. The van der Waals surface area contributed by atoms with Crippen LogP contribution in [0, 0.1) is 11.2 Å². The molecule has 0 saturated carbocycles. The van der Waals surface area contributed by atoms with Gasteiger partial charge in [-0.15, -0.1) is 0 Å². The lowest BCUT2D eigenvalue weighted by molar-refractivity contribution is -0.142. The maximum absolute atomic E-state index is 13.0. The van der Waals surface area contributed by atoms with Crippen LogP contribution < -0.4 is 0 Å². The molecule has 1 aromatic rings. The first-order valence-electron chi connectivity index (χ1n) is 9.89. The molecule has 27 heavy (non-hydrogen) atoms. The highest BCUT2D eigenvalue weighted by Gasteiger charge is 2.41. The van der Waals surface area contributed by atoms with Crippen molar-refractivity contribution in [3.05, 3.63) is 35.6 Å². The topological polar surface area (TPSA) is 43.9 Å². The van der Waals surface area contributed by atoms with Gasteiger partial charge in [-0.05, 0) is 56.3 Å². The minimum absolute atomic E-state index is 0.147. The Morgan fingerprint density at radius 3 is 2.48 bits per heavy atom. The number of likely N-dealkylation sites (N-methyl/N-ethyl adjacent to an activating group) is 1. The Balaban J connectivity index is 1.48. The molecule has 0 N–H and O–H groups in total. The normalized spacial score (nSPS) is 19.8. The minimum atomic E-state index is -0.245. The highest BCUT2D eigenvalue weighted by Crippen LogP contribution is 2.40. The van der Waals surface area contributed by atoms with Gasteiger partial charge in [0.1, 0.15) is 5.82 Å². The van der Waals surface area contributed by atoms with E-state index in [1.165, 1.54) is 12.1 Å². The molecule has 0 aliphatic carbocycles. The van der Waals surface area contributed by atoms with Gasteiger partial charge in [-0.1, -0.05) is 12.1 Å². The first-order valence-corrected chi connectivity index (χ1v) is 9.89. The summed E-state index contributed by atoms with van der Waals surface area (Å²) in [5.41, 5.74) is 1.19. The van der Waals surface area contributed by atoms with Crippen LogP contribution in [0.3, 0.4) is 0 Å². The van der Waals surface area contributed by atoms with E-state index in [2.05, 4.69) is 0 Å². The van der Waals surface area contributed by atoms with Crippen molar-refractivity contribution in [3.8, 4) is 0 Å². The average molecular weight is 375 g/mol. The predicted molar refractivity (Wildman–Crippen MR) is 102 cm³/mol. The zero-order valence-corrected chi connectivity index (χ0v) is 16.4. The molecule has 0 radical (unpaired) electrons. The van der Waals surface area contributed by atoms with Gasteiger partial charge < -0.3 is 9.80 Å². The summed E-state index contributed by atoms with van der Waals surface area (Å²) in [5, 5.41) is 0. The summed E-state index contributed by atoms with van der Waals surface area (Å²) in [5.74, 6) is 0.170. The molecule has 2 aliphatic rings. The second-order valence-corrected chi connectivity index (χ2v) is 8.09. The SMILES string of the molecule is CCN1CC2(CCC1=O)CCN(C(=O)CN(C)Cc1ccc(F)cc1)CC2. The first kappa shape index (κ1) is 19.8. The maximum Gasteiger partial charge on any atom is 0.236 e. The van der Waals surface area contributed by atoms with E-state index >= 15 is 0 Å². The highest BCUT2D eigenvalue weighted by molar-refractivity contribution is 5.78. The largest absolute Gasteiger partial charge is 0.342 e. The number of amides is 2. The van der Waals surface area contributed by atoms with Gasteiger partial charge in [0.15, 0.2) is 0 Å². The molecule has 148 valence electrons. The maximum atomic E-state index is 13.0. The first-order chi connectivity index (χ1) is 12.9. The molecule has 2 saturated heterocycles. The smallest absolute Gasteiger partial charge is 0.236 e. The molecule has 2 aliphatic heterocycles. The third-order valence-electron chi connectivity index (χ3n) is 6.08. The zero-order valence-electron chi connectivity index (χ0n) is 16.4. The molecular formula is C21H30FN3O2. The molecule has 0 bridgehead atoms. The van der Waals surface area contributed by atoms with Crippen LogP contribution >= 0.6 is 0 Å². The molecule has 0 atom stereocenters. The summed E-state index contributed by atoms with van der Waals surface area (Å²) in [6.45, 7) is 6.18. The number of hydrogen-bond donors (Lipinski definition) is 0. The number of benzene rings is 1. The van der Waals surface area contributed by atoms with Crippen molar-refractivity contribution in [2.45, 2.75) is 39.2 Å². The summed E-state index contributed by atoms with van der Waals surface area (Å²) in [7, 11) is 1.92. The fraction of sp³-hybridized carbons (Fsp3) is 0.619. The number of halogens is 1. The second-order valence-electron chi connectivity index (χ2n) is 8.09. The van der Waals surface area contributed by atoms with Crippen molar-refractivity contribution in [1.82, 2.24) is 14.7 Å². The Kier molecular flexibility index (Phi) is 6.15. The van der Waals surface area contributed by atoms with Crippen molar-refractivity contribution in [2.75, 3.05) is 39.8 Å². The highest BCUT2D eigenvalue weighted by atomic mass is 19.1. The van der Waals surface area contributed by atoms with Gasteiger partial charge in [-0.3, -0.25) is 14.5 Å². The van der Waals surface area contributed by atoms with Crippen LogP contribution in [0.2, 0.25) is 0 Å². The molecule has 1 spiro atoms. The number of carbonyl (C=O) groups is 2. The van der Waals surface area contributed by atoms with Gasteiger partial charge in [-0.2, -0.15) is 0 Å². The third-order valence-corrected chi connectivity index (χ3v) is 6.08. The van der Waals surface area contributed by atoms with Crippen molar-refractivity contribution < 1.29 is 14.0 Å². The minimum Gasteiger partial charge on any atom is -0.342 e. The van der Waals surface area contributed by atoms with Gasteiger partial charge in [0.25, 0.3) is 0 Å². The quantitative estimate of drug-likeness (QED) is 0.794.